The van der Waals surface area contributed by atoms with Crippen LogP contribution in [0.25, 0.3) is 0 Å². The summed E-state index contributed by atoms with van der Waals surface area (Å²) in [6.45, 7) is 6.78. The maximum absolute atomic E-state index is 12.8. The van der Waals surface area contributed by atoms with Crippen LogP contribution in [-0.2, 0) is 21.2 Å². The summed E-state index contributed by atoms with van der Waals surface area (Å²) in [6, 6.07) is 5.14. The summed E-state index contributed by atoms with van der Waals surface area (Å²) >= 11 is 0. The van der Waals surface area contributed by atoms with Crippen LogP contribution in [0.2, 0.25) is 0 Å². The van der Waals surface area contributed by atoms with Crippen molar-refractivity contribution < 1.29 is 13.2 Å². The van der Waals surface area contributed by atoms with Gasteiger partial charge < -0.3 is 4.90 Å². The second-order valence-corrected chi connectivity index (χ2v) is 9.45. The molecular weight excluding hydrogens is 350 g/mol. The number of carbonyl (C=O) groups is 1. The number of nitrogens with one attached hydrogen (secondary N) is 1. The number of hydrogen-bond acceptors (Lipinski definition) is 4. The third-order valence-electron chi connectivity index (χ3n) is 5.55. The van der Waals surface area contributed by atoms with Crippen molar-refractivity contribution >= 4 is 21.6 Å². The van der Waals surface area contributed by atoms with Gasteiger partial charge in [0.2, 0.25) is 15.9 Å². The lowest BCUT2D eigenvalue weighted by Gasteiger charge is -2.37. The first-order valence-corrected chi connectivity index (χ1v) is 10.9. The zero-order chi connectivity index (χ0) is 18.9. The van der Waals surface area contributed by atoms with Gasteiger partial charge in [-0.05, 0) is 55.6 Å². The third kappa shape index (κ3) is 3.94. The van der Waals surface area contributed by atoms with Crippen LogP contribution in [0.5, 0.6) is 0 Å². The summed E-state index contributed by atoms with van der Waals surface area (Å²) in [4.78, 5) is 16.0. The molecule has 1 atom stereocenters. The van der Waals surface area contributed by atoms with Crippen molar-refractivity contribution in [1.82, 2.24) is 9.62 Å². The molecule has 1 saturated heterocycles. The fourth-order valence-electron chi connectivity index (χ4n) is 3.93. The molecule has 2 aliphatic heterocycles. The first-order chi connectivity index (χ1) is 12.3. The highest BCUT2D eigenvalue weighted by atomic mass is 32.2. The molecule has 0 saturated carbocycles. The van der Waals surface area contributed by atoms with Crippen molar-refractivity contribution in [1.29, 1.82) is 0 Å². The first-order valence-electron chi connectivity index (χ1n) is 9.43. The number of anilines is 1. The number of amides is 1. The molecule has 6 nitrogen and oxygen atoms in total. The van der Waals surface area contributed by atoms with Crippen molar-refractivity contribution in [2.45, 2.75) is 50.5 Å². The van der Waals surface area contributed by atoms with Gasteiger partial charge >= 0.3 is 0 Å². The normalized spacial score (nSPS) is 19.8. The number of fused-ring (bicyclic) bond motifs is 1. The SMILES string of the molecule is CC(C)C(CNS(=O)(=O)c1ccc2c(c1)CC(=O)N2C)N1CCCCC1. The molecule has 2 heterocycles. The van der Waals surface area contributed by atoms with E-state index in [1.165, 1.54) is 19.3 Å². The summed E-state index contributed by atoms with van der Waals surface area (Å²) in [5.41, 5.74) is 1.57. The van der Waals surface area contributed by atoms with Crippen LogP contribution < -0.4 is 9.62 Å². The summed E-state index contributed by atoms with van der Waals surface area (Å²) < 4.78 is 28.4. The van der Waals surface area contributed by atoms with E-state index >= 15 is 0 Å². The molecule has 0 radical (unpaired) electrons. The van der Waals surface area contributed by atoms with E-state index in [1.54, 1.807) is 30.1 Å². The van der Waals surface area contributed by atoms with E-state index in [0.29, 0.717) is 12.5 Å². The lowest BCUT2D eigenvalue weighted by Crippen LogP contribution is -2.48. The third-order valence-corrected chi connectivity index (χ3v) is 6.97. The monoisotopic (exact) mass is 379 g/mol. The number of carbonyl (C=O) groups excluding carboxylic acids is 1. The molecule has 7 heteroatoms. The zero-order valence-electron chi connectivity index (χ0n) is 15.9. The Hall–Kier alpha value is -1.44. The number of benzene rings is 1. The lowest BCUT2D eigenvalue weighted by molar-refractivity contribution is -0.117. The zero-order valence-corrected chi connectivity index (χ0v) is 16.7. The van der Waals surface area contributed by atoms with Gasteiger partial charge in [-0.25, -0.2) is 13.1 Å². The van der Waals surface area contributed by atoms with E-state index in [0.717, 1.165) is 24.3 Å². The van der Waals surface area contributed by atoms with E-state index in [-0.39, 0.29) is 23.3 Å². The van der Waals surface area contributed by atoms with Crippen LogP contribution in [0.1, 0.15) is 38.7 Å². The predicted octanol–water partition coefficient (Wildman–Crippen LogP) is 1.99. The smallest absolute Gasteiger partial charge is 0.240 e. The molecule has 0 aliphatic carbocycles. The van der Waals surface area contributed by atoms with Gasteiger partial charge in [-0.1, -0.05) is 20.3 Å². The van der Waals surface area contributed by atoms with E-state index in [2.05, 4.69) is 23.5 Å². The van der Waals surface area contributed by atoms with Crippen molar-refractivity contribution in [2.75, 3.05) is 31.6 Å². The molecule has 1 aromatic rings. The Balaban J connectivity index is 1.72. The van der Waals surface area contributed by atoms with Crippen molar-refractivity contribution in [3.05, 3.63) is 23.8 Å². The molecule has 3 rings (SSSR count). The molecule has 0 spiro atoms. The number of nitrogens with zero attached hydrogens (tertiary/aromatic N) is 2. The van der Waals surface area contributed by atoms with Crippen LogP contribution in [0.4, 0.5) is 5.69 Å². The van der Waals surface area contributed by atoms with Crippen molar-refractivity contribution in [3.8, 4) is 0 Å². The molecule has 0 aromatic heterocycles. The summed E-state index contributed by atoms with van der Waals surface area (Å²) in [5.74, 6) is 0.370. The molecule has 1 amide bonds. The molecule has 1 unspecified atom stereocenters. The van der Waals surface area contributed by atoms with Gasteiger partial charge in [0.15, 0.2) is 0 Å². The average Bonchev–Trinajstić information content (AvgIpc) is 2.89. The Morgan fingerprint density at radius 1 is 1.15 bits per heavy atom. The molecule has 144 valence electrons. The Morgan fingerprint density at radius 2 is 1.85 bits per heavy atom. The van der Waals surface area contributed by atoms with Gasteiger partial charge in [-0.2, -0.15) is 0 Å². The minimum atomic E-state index is -3.59. The number of hydrogen-bond donors (Lipinski definition) is 1. The van der Waals surface area contributed by atoms with Crippen LogP contribution in [-0.4, -0.2) is 51.9 Å². The molecule has 26 heavy (non-hydrogen) atoms. The Kier molecular flexibility index (Phi) is 5.69. The topological polar surface area (TPSA) is 69.7 Å². The Morgan fingerprint density at radius 3 is 2.50 bits per heavy atom. The largest absolute Gasteiger partial charge is 0.315 e. The average molecular weight is 380 g/mol. The minimum Gasteiger partial charge on any atom is -0.315 e. The fourth-order valence-corrected chi connectivity index (χ4v) is 5.03. The predicted molar refractivity (Wildman–Crippen MR) is 103 cm³/mol. The van der Waals surface area contributed by atoms with Crippen LogP contribution in [0.15, 0.2) is 23.1 Å². The van der Waals surface area contributed by atoms with E-state index in [1.807, 2.05) is 0 Å². The van der Waals surface area contributed by atoms with Crippen LogP contribution in [0, 0.1) is 5.92 Å². The van der Waals surface area contributed by atoms with E-state index in [9.17, 15) is 13.2 Å². The molecule has 1 aromatic carbocycles. The number of sulfonamides is 1. The summed E-state index contributed by atoms with van der Waals surface area (Å²) in [6.07, 6.45) is 3.89. The van der Waals surface area contributed by atoms with Gasteiger partial charge in [0.1, 0.15) is 0 Å². The van der Waals surface area contributed by atoms with Crippen molar-refractivity contribution in [2.24, 2.45) is 5.92 Å². The number of rotatable bonds is 6. The molecule has 1 N–H and O–H groups in total. The number of likely N-dealkylation sites (tertiary alicyclic amines) is 1. The fraction of sp³-hybridized carbons (Fsp3) is 0.632. The molecule has 2 aliphatic rings. The van der Waals surface area contributed by atoms with Gasteiger partial charge in [0, 0.05) is 25.3 Å². The minimum absolute atomic E-state index is 0.00697. The Labute approximate surface area is 156 Å². The quantitative estimate of drug-likeness (QED) is 0.821. The molecular formula is C19H29N3O3S. The maximum Gasteiger partial charge on any atom is 0.240 e. The van der Waals surface area contributed by atoms with Crippen LogP contribution >= 0.6 is 0 Å². The standard InChI is InChI=1S/C19H29N3O3S/c1-14(2)18(22-9-5-4-6-10-22)13-20-26(24,25)16-7-8-17-15(11-16)12-19(23)21(17)3/h7-8,11,14,18,20H,4-6,9-10,12-13H2,1-3H3. The van der Waals surface area contributed by atoms with Gasteiger partial charge in [0.05, 0.1) is 11.3 Å². The van der Waals surface area contributed by atoms with E-state index in [4.69, 9.17) is 0 Å². The maximum atomic E-state index is 12.8. The first kappa shape index (κ1) is 19.3. The highest BCUT2D eigenvalue weighted by molar-refractivity contribution is 7.89. The highest BCUT2D eigenvalue weighted by Crippen LogP contribution is 2.29. The highest BCUT2D eigenvalue weighted by Gasteiger charge is 2.28. The second kappa shape index (κ2) is 7.66. The Bertz CT molecular complexity index is 770. The number of piperidine rings is 1. The van der Waals surface area contributed by atoms with E-state index < -0.39 is 10.0 Å². The second-order valence-electron chi connectivity index (χ2n) is 7.68. The molecule has 1 fully saturated rings. The lowest BCUT2D eigenvalue weighted by atomic mass is 9.99. The van der Waals surface area contributed by atoms with Gasteiger partial charge in [0.25, 0.3) is 0 Å². The van der Waals surface area contributed by atoms with Gasteiger partial charge in [-0.15, -0.1) is 0 Å². The number of likely N-dealkylation sites (N-methyl/N-ethyl adjacent to an activating group) is 1. The van der Waals surface area contributed by atoms with Crippen molar-refractivity contribution in [3.63, 3.8) is 0 Å². The van der Waals surface area contributed by atoms with Crippen LogP contribution in [0.3, 0.4) is 0 Å². The summed E-state index contributed by atoms with van der Waals surface area (Å²) in [7, 11) is -1.88. The molecule has 0 bridgehead atoms. The summed E-state index contributed by atoms with van der Waals surface area (Å²) in [5, 5.41) is 0. The van der Waals surface area contributed by atoms with Gasteiger partial charge in [-0.3, -0.25) is 9.69 Å².